The summed E-state index contributed by atoms with van der Waals surface area (Å²) in [5.41, 5.74) is 5.55. The van der Waals surface area contributed by atoms with Gasteiger partial charge in [-0.05, 0) is 22.8 Å². The number of nitrogens with one attached hydrogen (secondary N) is 1. The van der Waals surface area contributed by atoms with Gasteiger partial charge < -0.3 is 11.1 Å². The van der Waals surface area contributed by atoms with Crippen molar-refractivity contribution in [2.24, 2.45) is 5.73 Å². The van der Waals surface area contributed by atoms with Gasteiger partial charge in [-0.25, -0.2) is 0 Å². The third-order valence-electron chi connectivity index (χ3n) is 3.59. The van der Waals surface area contributed by atoms with Crippen LogP contribution in [-0.4, -0.2) is 11.8 Å². The molecule has 0 saturated carbocycles. The van der Waals surface area contributed by atoms with Crippen LogP contribution in [0.25, 0.3) is 11.1 Å². The van der Waals surface area contributed by atoms with Gasteiger partial charge in [-0.2, -0.15) is 13.2 Å². The Kier molecular flexibility index (Phi) is 5.80. The molecule has 3 N–H and O–H groups in total. The number of hydrogen-bond donors (Lipinski definition) is 2. The molecule has 0 unspecified atom stereocenters. The van der Waals surface area contributed by atoms with Crippen LogP contribution in [-0.2, 0) is 22.3 Å². The van der Waals surface area contributed by atoms with E-state index in [0.717, 1.165) is 11.6 Å². The van der Waals surface area contributed by atoms with Crippen LogP contribution in [0.4, 0.5) is 13.2 Å². The van der Waals surface area contributed by atoms with Gasteiger partial charge in [0.1, 0.15) is 0 Å². The minimum atomic E-state index is -4.43. The molecular weight excluding hydrogens is 333 g/mol. The molecule has 2 aromatic rings. The lowest BCUT2D eigenvalue weighted by Gasteiger charge is -2.13. The quantitative estimate of drug-likeness (QED) is 0.839. The summed E-state index contributed by atoms with van der Waals surface area (Å²) in [7, 11) is 0. The number of nitrogens with two attached hydrogens (primary N) is 1. The highest BCUT2D eigenvalue weighted by Crippen LogP contribution is 2.36. The summed E-state index contributed by atoms with van der Waals surface area (Å²) < 4.78 is 39.2. The fourth-order valence-electron chi connectivity index (χ4n) is 2.31. The van der Waals surface area contributed by atoms with Crippen LogP contribution < -0.4 is 11.1 Å². The summed E-state index contributed by atoms with van der Waals surface area (Å²) in [5, 5.41) is 2.62. The second-order valence-corrected chi connectivity index (χ2v) is 5.48. The molecule has 0 aliphatic rings. The highest BCUT2D eigenvalue weighted by molar-refractivity contribution is 5.82. The van der Waals surface area contributed by atoms with Gasteiger partial charge in [-0.3, -0.25) is 9.59 Å². The van der Waals surface area contributed by atoms with E-state index >= 15 is 0 Å². The first-order valence-electron chi connectivity index (χ1n) is 7.58. The zero-order valence-electron chi connectivity index (χ0n) is 13.3. The van der Waals surface area contributed by atoms with Crippen molar-refractivity contribution in [3.8, 4) is 11.1 Å². The summed E-state index contributed by atoms with van der Waals surface area (Å²) in [6.45, 7) is 0.221. The highest BCUT2D eigenvalue weighted by Gasteiger charge is 2.33. The van der Waals surface area contributed by atoms with E-state index in [1.54, 1.807) is 30.3 Å². The molecule has 0 aliphatic heterocycles. The summed E-state index contributed by atoms with van der Waals surface area (Å²) in [6.07, 6.45) is -4.45. The first kappa shape index (κ1) is 18.5. The monoisotopic (exact) mass is 350 g/mol. The van der Waals surface area contributed by atoms with Gasteiger partial charge in [0.25, 0.3) is 0 Å². The van der Waals surface area contributed by atoms with Crippen LogP contribution in [0.3, 0.4) is 0 Å². The summed E-state index contributed by atoms with van der Waals surface area (Å²) >= 11 is 0. The second kappa shape index (κ2) is 7.83. The van der Waals surface area contributed by atoms with Crippen LogP contribution in [0.1, 0.15) is 24.0 Å². The van der Waals surface area contributed by atoms with Crippen molar-refractivity contribution in [1.82, 2.24) is 5.32 Å². The number of carbonyl (C=O) groups is 2. The fourth-order valence-corrected chi connectivity index (χ4v) is 2.31. The van der Waals surface area contributed by atoms with E-state index in [0.29, 0.717) is 5.56 Å². The number of hydrogen-bond acceptors (Lipinski definition) is 2. The molecule has 0 atom stereocenters. The average molecular weight is 350 g/mol. The number of rotatable bonds is 6. The lowest BCUT2D eigenvalue weighted by molar-refractivity contribution is -0.137. The Morgan fingerprint density at radius 3 is 2.20 bits per heavy atom. The molecule has 2 amide bonds. The number of carbonyl (C=O) groups excluding carboxylic acids is 2. The van der Waals surface area contributed by atoms with Crippen molar-refractivity contribution in [1.29, 1.82) is 0 Å². The summed E-state index contributed by atoms with van der Waals surface area (Å²) in [4.78, 5) is 22.1. The minimum Gasteiger partial charge on any atom is -0.370 e. The first-order valence-corrected chi connectivity index (χ1v) is 7.58. The lowest BCUT2D eigenvalue weighted by Crippen LogP contribution is -2.24. The van der Waals surface area contributed by atoms with E-state index < -0.39 is 17.6 Å². The Balaban J connectivity index is 2.06. The molecule has 4 nitrogen and oxygen atoms in total. The van der Waals surface area contributed by atoms with Crippen LogP contribution in [0.5, 0.6) is 0 Å². The maximum atomic E-state index is 13.1. The molecule has 132 valence electrons. The Hall–Kier alpha value is -2.83. The number of primary amides is 1. The Morgan fingerprint density at radius 1 is 0.960 bits per heavy atom. The van der Waals surface area contributed by atoms with Crippen molar-refractivity contribution in [3.05, 3.63) is 59.7 Å². The van der Waals surface area contributed by atoms with Crippen molar-refractivity contribution in [2.75, 3.05) is 0 Å². The van der Waals surface area contributed by atoms with Gasteiger partial charge in [0.05, 0.1) is 5.56 Å². The molecule has 0 heterocycles. The van der Waals surface area contributed by atoms with E-state index in [4.69, 9.17) is 5.73 Å². The van der Waals surface area contributed by atoms with Gasteiger partial charge >= 0.3 is 6.18 Å². The van der Waals surface area contributed by atoms with E-state index in [1.165, 1.54) is 12.1 Å². The van der Waals surface area contributed by atoms with Crippen molar-refractivity contribution in [3.63, 3.8) is 0 Å². The highest BCUT2D eigenvalue weighted by atomic mass is 19.4. The third kappa shape index (κ3) is 5.34. The molecular formula is C18H17F3N2O2. The molecule has 0 saturated heterocycles. The number of halogens is 3. The molecule has 0 aliphatic carbocycles. The molecule has 0 bridgehead atoms. The minimum absolute atomic E-state index is 0.00632. The average Bonchev–Trinajstić information content (AvgIpc) is 2.58. The van der Waals surface area contributed by atoms with Crippen molar-refractivity contribution >= 4 is 11.8 Å². The van der Waals surface area contributed by atoms with E-state index in [9.17, 15) is 22.8 Å². The topological polar surface area (TPSA) is 72.2 Å². The molecule has 0 aromatic heterocycles. The van der Waals surface area contributed by atoms with Crippen LogP contribution in [0.15, 0.2) is 48.5 Å². The zero-order valence-corrected chi connectivity index (χ0v) is 13.3. The first-order chi connectivity index (χ1) is 11.8. The van der Waals surface area contributed by atoms with Gasteiger partial charge in [0.2, 0.25) is 11.8 Å². The largest absolute Gasteiger partial charge is 0.417 e. The van der Waals surface area contributed by atoms with Gasteiger partial charge in [0, 0.05) is 19.4 Å². The van der Waals surface area contributed by atoms with E-state index in [1.807, 2.05) is 0 Å². The summed E-state index contributed by atoms with van der Waals surface area (Å²) in [5.74, 6) is -0.867. The predicted molar refractivity (Wildman–Crippen MR) is 87.2 cm³/mol. The van der Waals surface area contributed by atoms with Crippen LogP contribution >= 0.6 is 0 Å². The standard InChI is InChI=1S/C18H17F3N2O2/c19-18(20,21)15-4-2-1-3-14(15)13-7-5-12(6-8-13)11-23-17(25)10-9-16(22)24/h1-8H,9-11H2,(H2,22,24)(H,23,25). The molecule has 2 aromatic carbocycles. The van der Waals surface area contributed by atoms with Gasteiger partial charge in [-0.1, -0.05) is 42.5 Å². The third-order valence-corrected chi connectivity index (χ3v) is 3.59. The number of amides is 2. The normalized spacial score (nSPS) is 11.2. The van der Waals surface area contributed by atoms with Gasteiger partial charge in [0.15, 0.2) is 0 Å². The SMILES string of the molecule is NC(=O)CCC(=O)NCc1ccc(-c2ccccc2C(F)(F)F)cc1. The molecule has 0 fully saturated rings. The molecule has 7 heteroatoms. The fraction of sp³-hybridized carbons (Fsp3) is 0.222. The molecule has 25 heavy (non-hydrogen) atoms. The van der Waals surface area contributed by atoms with Crippen molar-refractivity contribution < 1.29 is 22.8 Å². The lowest BCUT2D eigenvalue weighted by atomic mass is 9.98. The Morgan fingerprint density at radius 2 is 1.60 bits per heavy atom. The van der Waals surface area contributed by atoms with Crippen molar-refractivity contribution in [2.45, 2.75) is 25.6 Å². The van der Waals surface area contributed by atoms with Crippen LogP contribution in [0.2, 0.25) is 0 Å². The van der Waals surface area contributed by atoms with Crippen LogP contribution in [0, 0.1) is 0 Å². The summed E-state index contributed by atoms with van der Waals surface area (Å²) in [6, 6.07) is 11.8. The molecule has 2 rings (SSSR count). The number of alkyl halides is 3. The second-order valence-electron chi connectivity index (χ2n) is 5.48. The Labute approximate surface area is 142 Å². The Bertz CT molecular complexity index is 756. The zero-order chi connectivity index (χ0) is 18.4. The maximum absolute atomic E-state index is 13.1. The predicted octanol–water partition coefficient (Wildman–Crippen LogP) is 3.25. The van der Waals surface area contributed by atoms with Gasteiger partial charge in [-0.15, -0.1) is 0 Å². The smallest absolute Gasteiger partial charge is 0.370 e. The number of benzene rings is 2. The van der Waals surface area contributed by atoms with E-state index in [2.05, 4.69) is 5.32 Å². The van der Waals surface area contributed by atoms with E-state index in [-0.39, 0.29) is 30.9 Å². The maximum Gasteiger partial charge on any atom is 0.417 e. The molecule has 0 radical (unpaired) electrons. The molecule has 0 spiro atoms.